The van der Waals surface area contributed by atoms with E-state index in [-0.39, 0.29) is 18.9 Å². The summed E-state index contributed by atoms with van der Waals surface area (Å²) in [6.45, 7) is 7.26. The normalized spacial score (nSPS) is 14.0. The molecule has 24 heavy (non-hydrogen) atoms. The van der Waals surface area contributed by atoms with Crippen LogP contribution >= 0.6 is 0 Å². The van der Waals surface area contributed by atoms with Crippen molar-refractivity contribution in [1.29, 1.82) is 0 Å². The second kappa shape index (κ2) is 8.17. The monoisotopic (exact) mass is 336 g/mol. The predicted molar refractivity (Wildman–Crippen MR) is 90.7 cm³/mol. The molecule has 2 amide bonds. The van der Waals surface area contributed by atoms with E-state index in [4.69, 9.17) is 4.74 Å². The molecule has 7 heteroatoms. The zero-order valence-corrected chi connectivity index (χ0v) is 14.9. The van der Waals surface area contributed by atoms with Crippen molar-refractivity contribution in [1.82, 2.24) is 20.2 Å². The molecule has 0 atom stereocenters. The van der Waals surface area contributed by atoms with E-state index < -0.39 is 11.7 Å². The maximum atomic E-state index is 11.8. The van der Waals surface area contributed by atoms with E-state index in [9.17, 15) is 9.59 Å². The number of amides is 2. The van der Waals surface area contributed by atoms with Crippen LogP contribution in [-0.2, 0) is 28.9 Å². The number of fused-ring (bicyclic) bond motifs is 1. The lowest BCUT2D eigenvalue weighted by Gasteiger charge is -2.19. The SMILES string of the molecule is CC(C)(C)OC(=O)NCCC(=O)NCCc1cn2c(n1)CCCC2. The predicted octanol–water partition coefficient (Wildman–Crippen LogP) is 1.79. The molecule has 0 aromatic carbocycles. The molecule has 0 unspecified atom stereocenters. The van der Waals surface area contributed by atoms with Gasteiger partial charge in [0.25, 0.3) is 0 Å². The maximum Gasteiger partial charge on any atom is 0.407 e. The lowest BCUT2D eigenvalue weighted by atomic mass is 10.2. The molecule has 1 aromatic rings. The molecule has 1 aromatic heterocycles. The molecule has 2 heterocycles. The molecular formula is C17H28N4O3. The van der Waals surface area contributed by atoms with E-state index in [1.807, 2.05) is 0 Å². The van der Waals surface area contributed by atoms with Crippen LogP contribution in [0.2, 0.25) is 0 Å². The van der Waals surface area contributed by atoms with Crippen molar-refractivity contribution in [2.45, 2.75) is 65.0 Å². The highest BCUT2D eigenvalue weighted by atomic mass is 16.6. The Bertz CT molecular complexity index is 551. The number of aromatic nitrogens is 2. The van der Waals surface area contributed by atoms with Crippen LogP contribution in [0.4, 0.5) is 4.79 Å². The van der Waals surface area contributed by atoms with Gasteiger partial charge in [-0.2, -0.15) is 0 Å². The number of carbonyl (C=O) groups excluding carboxylic acids is 2. The first kappa shape index (κ1) is 18.3. The fraction of sp³-hybridized carbons (Fsp3) is 0.706. The standard InChI is InChI=1S/C17H28N4O3/c1-17(2,3)24-16(23)19-10-8-15(22)18-9-7-13-12-21-11-5-4-6-14(21)20-13/h12H,4-11H2,1-3H3,(H,18,22)(H,19,23). The molecule has 1 aliphatic heterocycles. The highest BCUT2D eigenvalue weighted by Crippen LogP contribution is 2.14. The third-order valence-corrected chi connectivity index (χ3v) is 3.68. The van der Waals surface area contributed by atoms with Gasteiger partial charge in [0, 0.05) is 45.1 Å². The van der Waals surface area contributed by atoms with Gasteiger partial charge in [-0.15, -0.1) is 0 Å². The number of ether oxygens (including phenoxy) is 1. The fourth-order valence-corrected chi connectivity index (χ4v) is 2.60. The van der Waals surface area contributed by atoms with Crippen LogP contribution in [-0.4, -0.2) is 40.2 Å². The van der Waals surface area contributed by atoms with Crippen LogP contribution in [0.25, 0.3) is 0 Å². The lowest BCUT2D eigenvalue weighted by Crippen LogP contribution is -2.35. The minimum atomic E-state index is -0.532. The number of hydrogen-bond donors (Lipinski definition) is 2. The zero-order valence-electron chi connectivity index (χ0n) is 14.9. The van der Waals surface area contributed by atoms with Crippen molar-refractivity contribution >= 4 is 12.0 Å². The molecule has 1 aliphatic rings. The molecule has 0 fully saturated rings. The Labute approximate surface area is 143 Å². The average Bonchev–Trinajstić information content (AvgIpc) is 2.88. The molecule has 0 bridgehead atoms. The summed E-state index contributed by atoms with van der Waals surface area (Å²) in [5.74, 6) is 1.07. The van der Waals surface area contributed by atoms with Crippen LogP contribution in [0.1, 0.15) is 51.6 Å². The van der Waals surface area contributed by atoms with Gasteiger partial charge in [-0.25, -0.2) is 9.78 Å². The van der Waals surface area contributed by atoms with E-state index in [1.165, 1.54) is 12.8 Å². The van der Waals surface area contributed by atoms with Crippen LogP contribution in [0.3, 0.4) is 0 Å². The first-order chi connectivity index (χ1) is 11.3. The fourth-order valence-electron chi connectivity index (χ4n) is 2.60. The Kier molecular flexibility index (Phi) is 6.23. The van der Waals surface area contributed by atoms with Gasteiger partial charge < -0.3 is 19.9 Å². The minimum Gasteiger partial charge on any atom is -0.444 e. The van der Waals surface area contributed by atoms with Gasteiger partial charge in [0.1, 0.15) is 11.4 Å². The van der Waals surface area contributed by atoms with Gasteiger partial charge in [-0.05, 0) is 33.6 Å². The van der Waals surface area contributed by atoms with Crippen molar-refractivity contribution in [3.05, 3.63) is 17.7 Å². The number of rotatable bonds is 6. The van der Waals surface area contributed by atoms with Crippen molar-refractivity contribution in [3.8, 4) is 0 Å². The zero-order chi connectivity index (χ0) is 17.6. The van der Waals surface area contributed by atoms with Gasteiger partial charge in [-0.3, -0.25) is 4.79 Å². The molecule has 0 saturated carbocycles. The van der Waals surface area contributed by atoms with E-state index in [0.717, 1.165) is 30.9 Å². The Hall–Kier alpha value is -2.05. The molecule has 0 aliphatic carbocycles. The number of aryl methyl sites for hydroxylation is 2. The third-order valence-electron chi connectivity index (χ3n) is 3.68. The number of imidazole rings is 1. The summed E-state index contributed by atoms with van der Waals surface area (Å²) < 4.78 is 7.32. The van der Waals surface area contributed by atoms with Gasteiger partial charge >= 0.3 is 6.09 Å². The van der Waals surface area contributed by atoms with Crippen LogP contribution in [0.15, 0.2) is 6.20 Å². The Balaban J connectivity index is 1.60. The number of carbonyl (C=O) groups is 2. The van der Waals surface area contributed by atoms with Crippen LogP contribution in [0, 0.1) is 0 Å². The van der Waals surface area contributed by atoms with Gasteiger partial charge in [0.2, 0.25) is 5.91 Å². The Morgan fingerprint density at radius 1 is 1.25 bits per heavy atom. The van der Waals surface area contributed by atoms with Crippen molar-refractivity contribution in [2.24, 2.45) is 0 Å². The first-order valence-electron chi connectivity index (χ1n) is 8.62. The Morgan fingerprint density at radius 3 is 2.75 bits per heavy atom. The smallest absolute Gasteiger partial charge is 0.407 e. The number of hydrogen-bond acceptors (Lipinski definition) is 4. The summed E-state index contributed by atoms with van der Waals surface area (Å²) in [6.07, 6.45) is 6.01. The quantitative estimate of drug-likeness (QED) is 0.829. The lowest BCUT2D eigenvalue weighted by molar-refractivity contribution is -0.120. The third kappa shape index (κ3) is 6.22. The first-order valence-corrected chi connectivity index (χ1v) is 8.62. The molecule has 2 rings (SSSR count). The van der Waals surface area contributed by atoms with Crippen molar-refractivity contribution in [3.63, 3.8) is 0 Å². The summed E-state index contributed by atoms with van der Waals surface area (Å²) in [5, 5.41) is 5.43. The van der Waals surface area contributed by atoms with Crippen molar-refractivity contribution in [2.75, 3.05) is 13.1 Å². The Morgan fingerprint density at radius 2 is 2.04 bits per heavy atom. The molecule has 0 radical (unpaired) electrons. The van der Waals surface area contributed by atoms with Gasteiger partial charge in [-0.1, -0.05) is 0 Å². The topological polar surface area (TPSA) is 85.2 Å². The largest absolute Gasteiger partial charge is 0.444 e. The summed E-state index contributed by atoms with van der Waals surface area (Å²) in [7, 11) is 0. The molecule has 7 nitrogen and oxygen atoms in total. The van der Waals surface area contributed by atoms with E-state index >= 15 is 0 Å². The summed E-state index contributed by atoms with van der Waals surface area (Å²) in [6, 6.07) is 0. The second-order valence-corrected chi connectivity index (χ2v) is 7.08. The van der Waals surface area contributed by atoms with E-state index in [1.54, 1.807) is 20.8 Å². The number of nitrogens with zero attached hydrogens (tertiary/aromatic N) is 2. The average molecular weight is 336 g/mol. The molecule has 0 saturated heterocycles. The summed E-state index contributed by atoms with van der Waals surface area (Å²) >= 11 is 0. The van der Waals surface area contributed by atoms with Gasteiger partial charge in [0.15, 0.2) is 0 Å². The van der Waals surface area contributed by atoms with Crippen molar-refractivity contribution < 1.29 is 14.3 Å². The minimum absolute atomic E-state index is 0.0879. The highest BCUT2D eigenvalue weighted by Gasteiger charge is 2.16. The number of alkyl carbamates (subject to hydrolysis) is 1. The molecule has 2 N–H and O–H groups in total. The molecule has 0 spiro atoms. The van der Waals surface area contributed by atoms with Gasteiger partial charge in [0.05, 0.1) is 5.69 Å². The molecular weight excluding hydrogens is 308 g/mol. The highest BCUT2D eigenvalue weighted by molar-refractivity contribution is 5.77. The molecule has 134 valence electrons. The van der Waals surface area contributed by atoms with E-state index in [0.29, 0.717) is 6.54 Å². The maximum absolute atomic E-state index is 11.8. The van der Waals surface area contributed by atoms with E-state index in [2.05, 4.69) is 26.4 Å². The second-order valence-electron chi connectivity index (χ2n) is 7.08. The number of nitrogens with one attached hydrogen (secondary N) is 2. The summed E-state index contributed by atoms with van der Waals surface area (Å²) in [4.78, 5) is 27.8. The van der Waals surface area contributed by atoms with Crippen LogP contribution < -0.4 is 10.6 Å². The summed E-state index contributed by atoms with van der Waals surface area (Å²) in [5.41, 5.74) is 0.495. The van der Waals surface area contributed by atoms with Crippen LogP contribution in [0.5, 0.6) is 0 Å².